The minimum absolute atomic E-state index is 0.0845. The first-order chi connectivity index (χ1) is 8.50. The minimum atomic E-state index is -3.77. The van der Waals surface area contributed by atoms with Crippen LogP contribution in [0.15, 0.2) is 17.0 Å². The summed E-state index contributed by atoms with van der Waals surface area (Å²) in [7, 11) is -1.84. The van der Waals surface area contributed by atoms with Crippen molar-refractivity contribution in [3.05, 3.63) is 17.7 Å². The van der Waals surface area contributed by atoms with Gasteiger partial charge in [-0.25, -0.2) is 13.6 Å². The molecule has 0 bridgehead atoms. The van der Waals surface area contributed by atoms with Crippen molar-refractivity contribution < 1.29 is 8.42 Å². The highest BCUT2D eigenvalue weighted by Gasteiger charge is 2.25. The van der Waals surface area contributed by atoms with Crippen molar-refractivity contribution in [3.63, 3.8) is 0 Å². The number of hydrogen-bond acceptors (Lipinski definition) is 4. The van der Waals surface area contributed by atoms with Crippen LogP contribution in [0.2, 0.25) is 0 Å². The highest BCUT2D eigenvalue weighted by atomic mass is 32.2. The molecular weight excluding hydrogens is 262 g/mol. The van der Waals surface area contributed by atoms with Gasteiger partial charge in [-0.1, -0.05) is 6.92 Å². The third kappa shape index (κ3) is 3.19. The van der Waals surface area contributed by atoms with Gasteiger partial charge in [0.25, 0.3) is 0 Å². The number of nitrogen functional groups attached to an aromatic ring is 1. The Morgan fingerprint density at radius 3 is 2.26 bits per heavy atom. The van der Waals surface area contributed by atoms with Gasteiger partial charge in [0.15, 0.2) is 0 Å². The molecule has 0 aliphatic rings. The lowest BCUT2D eigenvalue weighted by atomic mass is 9.98. The monoisotopic (exact) mass is 285 g/mol. The first-order valence-electron chi connectivity index (χ1n) is 6.17. The predicted molar refractivity (Wildman–Crippen MR) is 79.7 cm³/mol. The standard InChI is InChI=1S/C13H23N3O2S/c1-6-13(3,4)16(5)11-7-10(14)8-12(9(11)2)19(15,17)18/h7-8H,6,14H2,1-5H3,(H2,15,17,18). The van der Waals surface area contributed by atoms with Crippen LogP contribution in [0.3, 0.4) is 0 Å². The number of nitrogens with zero attached hydrogens (tertiary/aromatic N) is 1. The molecule has 19 heavy (non-hydrogen) atoms. The number of rotatable bonds is 4. The Balaban J connectivity index is 3.51. The smallest absolute Gasteiger partial charge is 0.238 e. The van der Waals surface area contributed by atoms with Crippen molar-refractivity contribution in [2.24, 2.45) is 5.14 Å². The summed E-state index contributed by atoms with van der Waals surface area (Å²) in [5, 5.41) is 5.24. The van der Waals surface area contributed by atoms with Crippen LogP contribution in [0.4, 0.5) is 11.4 Å². The molecule has 108 valence electrons. The molecule has 0 radical (unpaired) electrons. The lowest BCUT2D eigenvalue weighted by Gasteiger charge is -2.38. The van der Waals surface area contributed by atoms with E-state index >= 15 is 0 Å². The van der Waals surface area contributed by atoms with E-state index in [9.17, 15) is 8.42 Å². The average molecular weight is 285 g/mol. The molecule has 0 aliphatic carbocycles. The summed E-state index contributed by atoms with van der Waals surface area (Å²) in [5.41, 5.74) is 7.50. The molecule has 0 aliphatic heterocycles. The van der Waals surface area contributed by atoms with Gasteiger partial charge in [-0.05, 0) is 44.9 Å². The molecule has 1 rings (SSSR count). The van der Waals surface area contributed by atoms with E-state index in [1.807, 2.05) is 11.9 Å². The third-order valence-corrected chi connectivity index (χ3v) is 4.83. The van der Waals surface area contributed by atoms with E-state index < -0.39 is 10.0 Å². The summed E-state index contributed by atoms with van der Waals surface area (Å²) in [6.07, 6.45) is 0.919. The fourth-order valence-corrected chi connectivity index (χ4v) is 2.73. The van der Waals surface area contributed by atoms with Crippen LogP contribution in [0.25, 0.3) is 0 Å². The van der Waals surface area contributed by atoms with E-state index in [-0.39, 0.29) is 10.4 Å². The van der Waals surface area contributed by atoms with E-state index in [2.05, 4.69) is 20.8 Å². The molecule has 0 spiro atoms. The van der Waals surface area contributed by atoms with Crippen molar-refractivity contribution in [1.82, 2.24) is 0 Å². The second-order valence-electron chi connectivity index (χ2n) is 5.43. The highest BCUT2D eigenvalue weighted by molar-refractivity contribution is 7.89. The Kier molecular flexibility index (Phi) is 4.17. The summed E-state index contributed by atoms with van der Waals surface area (Å²) < 4.78 is 23.2. The second kappa shape index (κ2) is 5.02. The number of primary sulfonamides is 1. The number of nitrogens with two attached hydrogens (primary N) is 2. The van der Waals surface area contributed by atoms with Gasteiger partial charge in [-0.3, -0.25) is 0 Å². The van der Waals surface area contributed by atoms with E-state index in [1.54, 1.807) is 13.0 Å². The van der Waals surface area contributed by atoms with Gasteiger partial charge in [0, 0.05) is 24.0 Å². The Morgan fingerprint density at radius 1 is 1.32 bits per heavy atom. The SMILES string of the molecule is CCC(C)(C)N(C)c1cc(N)cc(S(N)(=O)=O)c1C. The van der Waals surface area contributed by atoms with Crippen LogP contribution >= 0.6 is 0 Å². The van der Waals surface area contributed by atoms with Gasteiger partial charge >= 0.3 is 0 Å². The maximum absolute atomic E-state index is 11.6. The molecule has 0 atom stereocenters. The highest BCUT2D eigenvalue weighted by Crippen LogP contribution is 2.33. The minimum Gasteiger partial charge on any atom is -0.399 e. The zero-order valence-electron chi connectivity index (χ0n) is 12.2. The molecule has 4 N–H and O–H groups in total. The lowest BCUT2D eigenvalue weighted by Crippen LogP contribution is -2.41. The fourth-order valence-electron chi connectivity index (χ4n) is 1.90. The van der Waals surface area contributed by atoms with E-state index in [1.165, 1.54) is 6.07 Å². The molecule has 0 fully saturated rings. The van der Waals surface area contributed by atoms with Gasteiger partial charge in [0.2, 0.25) is 10.0 Å². The lowest BCUT2D eigenvalue weighted by molar-refractivity contribution is 0.470. The number of hydrogen-bond donors (Lipinski definition) is 2. The molecule has 0 amide bonds. The Labute approximate surface area is 115 Å². The van der Waals surface area contributed by atoms with E-state index in [0.717, 1.165) is 12.1 Å². The van der Waals surface area contributed by atoms with Crippen molar-refractivity contribution in [2.75, 3.05) is 17.7 Å². The molecule has 0 aromatic heterocycles. The summed E-state index contributed by atoms with van der Waals surface area (Å²) in [6, 6.07) is 3.18. The largest absolute Gasteiger partial charge is 0.399 e. The molecule has 1 aromatic rings. The van der Waals surface area contributed by atoms with Crippen molar-refractivity contribution in [3.8, 4) is 0 Å². The molecule has 1 aromatic carbocycles. The van der Waals surface area contributed by atoms with E-state index in [0.29, 0.717) is 11.3 Å². The third-order valence-electron chi connectivity index (χ3n) is 3.80. The topological polar surface area (TPSA) is 89.4 Å². The second-order valence-corrected chi connectivity index (χ2v) is 6.96. The molecule has 5 nitrogen and oxygen atoms in total. The van der Waals surface area contributed by atoms with Crippen LogP contribution in [-0.4, -0.2) is 21.0 Å². The molecular formula is C13H23N3O2S. The summed E-state index contributed by atoms with van der Waals surface area (Å²) in [6.45, 7) is 8.01. The van der Waals surface area contributed by atoms with Gasteiger partial charge in [-0.15, -0.1) is 0 Å². The van der Waals surface area contributed by atoms with Crippen molar-refractivity contribution in [1.29, 1.82) is 0 Å². The Bertz CT molecular complexity index is 580. The zero-order chi connectivity index (χ0) is 15.0. The summed E-state index contributed by atoms with van der Waals surface area (Å²) >= 11 is 0. The van der Waals surface area contributed by atoms with Gasteiger partial charge in [0.1, 0.15) is 0 Å². The van der Waals surface area contributed by atoms with Crippen LogP contribution in [0.5, 0.6) is 0 Å². The summed E-state index contributed by atoms with van der Waals surface area (Å²) in [4.78, 5) is 2.12. The molecule has 0 saturated heterocycles. The number of sulfonamides is 1. The number of benzene rings is 1. The first kappa shape index (κ1) is 15.8. The maximum atomic E-state index is 11.6. The van der Waals surface area contributed by atoms with Crippen LogP contribution in [-0.2, 0) is 10.0 Å². The van der Waals surface area contributed by atoms with Crippen LogP contribution in [0, 0.1) is 6.92 Å². The fraction of sp³-hybridized carbons (Fsp3) is 0.538. The summed E-state index contributed by atoms with van der Waals surface area (Å²) in [5.74, 6) is 0. The Hall–Kier alpha value is -1.27. The predicted octanol–water partition coefficient (Wildman–Crippen LogP) is 1.85. The van der Waals surface area contributed by atoms with Crippen LogP contribution < -0.4 is 15.8 Å². The van der Waals surface area contributed by atoms with Crippen LogP contribution in [0.1, 0.15) is 32.8 Å². The molecule has 0 unspecified atom stereocenters. The normalized spacial score (nSPS) is 12.5. The van der Waals surface area contributed by atoms with Gasteiger partial charge < -0.3 is 10.6 Å². The quantitative estimate of drug-likeness (QED) is 0.826. The average Bonchev–Trinajstić information content (AvgIpc) is 2.29. The molecule has 0 heterocycles. The van der Waals surface area contributed by atoms with Gasteiger partial charge in [0.05, 0.1) is 4.90 Å². The molecule has 6 heteroatoms. The molecule has 0 saturated carbocycles. The van der Waals surface area contributed by atoms with Gasteiger partial charge in [-0.2, -0.15) is 0 Å². The Morgan fingerprint density at radius 2 is 1.84 bits per heavy atom. The van der Waals surface area contributed by atoms with Crippen molar-refractivity contribution >= 4 is 21.4 Å². The van der Waals surface area contributed by atoms with Crippen molar-refractivity contribution in [2.45, 2.75) is 44.6 Å². The number of anilines is 2. The first-order valence-corrected chi connectivity index (χ1v) is 7.72. The van der Waals surface area contributed by atoms with E-state index in [4.69, 9.17) is 10.9 Å². The maximum Gasteiger partial charge on any atom is 0.238 e. The zero-order valence-corrected chi connectivity index (χ0v) is 13.0.